The standard InChI is InChI=1S/C21H28ClN3O2S/c1-6-7-27-18(26)15-12(2)14-16(23-19(22)24-17(14)28-15)25-11-21(5)9-13(25)8-20(3,4)10-21/h13H,6-11H2,1-5H3. The molecule has 0 spiro atoms. The molecule has 0 aromatic carbocycles. The van der Waals surface area contributed by atoms with Gasteiger partial charge in [-0.3, -0.25) is 0 Å². The number of ether oxygens (including phenoxy) is 1. The lowest BCUT2D eigenvalue weighted by Crippen LogP contribution is -2.35. The second-order valence-electron chi connectivity index (χ2n) is 9.53. The predicted octanol–water partition coefficient (Wildman–Crippen LogP) is 5.62. The third-order valence-corrected chi connectivity index (χ3v) is 7.39. The predicted molar refractivity (Wildman–Crippen MR) is 115 cm³/mol. The van der Waals surface area contributed by atoms with Crippen LogP contribution in [0.4, 0.5) is 5.82 Å². The molecular weight excluding hydrogens is 394 g/mol. The third-order valence-electron chi connectivity index (χ3n) is 6.05. The summed E-state index contributed by atoms with van der Waals surface area (Å²) in [5.74, 6) is 0.599. The fraction of sp³-hybridized carbons (Fsp3) is 0.667. The van der Waals surface area contributed by atoms with Crippen LogP contribution in [0.3, 0.4) is 0 Å². The second kappa shape index (κ2) is 6.84. The highest BCUT2D eigenvalue weighted by molar-refractivity contribution is 7.20. The molecule has 28 heavy (non-hydrogen) atoms. The summed E-state index contributed by atoms with van der Waals surface area (Å²) in [6.45, 7) is 12.5. The van der Waals surface area contributed by atoms with E-state index >= 15 is 0 Å². The number of hydrogen-bond donors (Lipinski definition) is 0. The molecular formula is C21H28ClN3O2S. The smallest absolute Gasteiger partial charge is 0.348 e. The quantitative estimate of drug-likeness (QED) is 0.473. The molecule has 1 saturated carbocycles. The van der Waals surface area contributed by atoms with Crippen molar-refractivity contribution < 1.29 is 9.53 Å². The first kappa shape index (κ1) is 19.9. The fourth-order valence-corrected chi connectivity index (χ4v) is 6.75. The first-order valence-electron chi connectivity index (χ1n) is 10.0. The highest BCUT2D eigenvalue weighted by atomic mass is 35.5. The van der Waals surface area contributed by atoms with Gasteiger partial charge in [-0.05, 0) is 60.6 Å². The summed E-state index contributed by atoms with van der Waals surface area (Å²) in [4.78, 5) is 25.4. The molecule has 0 amide bonds. The Morgan fingerprint density at radius 3 is 2.79 bits per heavy atom. The topological polar surface area (TPSA) is 55.3 Å². The van der Waals surface area contributed by atoms with Crippen LogP contribution in [-0.2, 0) is 4.74 Å². The van der Waals surface area contributed by atoms with Crippen molar-refractivity contribution in [2.75, 3.05) is 18.1 Å². The number of esters is 1. The van der Waals surface area contributed by atoms with Crippen LogP contribution in [0.15, 0.2) is 0 Å². The second-order valence-corrected chi connectivity index (χ2v) is 10.9. The number of thiophene rings is 1. The minimum absolute atomic E-state index is 0.239. The third kappa shape index (κ3) is 3.39. The van der Waals surface area contributed by atoms with Crippen LogP contribution in [0.2, 0.25) is 5.28 Å². The van der Waals surface area contributed by atoms with Gasteiger partial charge in [0.1, 0.15) is 15.5 Å². The minimum Gasteiger partial charge on any atom is -0.462 e. The molecule has 2 bridgehead atoms. The Morgan fingerprint density at radius 1 is 1.32 bits per heavy atom. The van der Waals surface area contributed by atoms with E-state index in [2.05, 4.69) is 35.6 Å². The molecule has 0 N–H and O–H groups in total. The van der Waals surface area contributed by atoms with E-state index in [4.69, 9.17) is 16.3 Å². The van der Waals surface area contributed by atoms with E-state index in [1.165, 1.54) is 24.2 Å². The number of fused-ring (bicyclic) bond motifs is 3. The molecule has 2 aliphatic rings. The van der Waals surface area contributed by atoms with Crippen LogP contribution in [0, 0.1) is 17.8 Å². The number of halogens is 1. The zero-order valence-electron chi connectivity index (χ0n) is 17.3. The molecule has 0 radical (unpaired) electrons. The van der Waals surface area contributed by atoms with Crippen molar-refractivity contribution in [2.45, 2.75) is 66.3 Å². The van der Waals surface area contributed by atoms with Crippen molar-refractivity contribution in [2.24, 2.45) is 10.8 Å². The van der Waals surface area contributed by atoms with Crippen molar-refractivity contribution >= 4 is 44.9 Å². The van der Waals surface area contributed by atoms with E-state index < -0.39 is 0 Å². The van der Waals surface area contributed by atoms with Crippen molar-refractivity contribution in [1.82, 2.24) is 9.97 Å². The van der Waals surface area contributed by atoms with Crippen LogP contribution in [0.1, 0.15) is 68.6 Å². The van der Waals surface area contributed by atoms with Gasteiger partial charge in [0.15, 0.2) is 0 Å². The molecule has 5 nitrogen and oxygen atoms in total. The molecule has 1 aliphatic heterocycles. The Balaban J connectivity index is 1.80. The van der Waals surface area contributed by atoms with Crippen molar-refractivity contribution in [3.8, 4) is 0 Å². The molecule has 2 aromatic rings. The van der Waals surface area contributed by atoms with Crippen LogP contribution in [0.25, 0.3) is 10.2 Å². The first-order chi connectivity index (χ1) is 13.1. The fourth-order valence-electron chi connectivity index (χ4n) is 5.46. The van der Waals surface area contributed by atoms with Crippen LogP contribution < -0.4 is 4.90 Å². The Kier molecular flexibility index (Phi) is 4.86. The molecule has 1 saturated heterocycles. The number of carbonyl (C=O) groups is 1. The highest BCUT2D eigenvalue weighted by Gasteiger charge is 2.50. The van der Waals surface area contributed by atoms with E-state index in [9.17, 15) is 4.79 Å². The summed E-state index contributed by atoms with van der Waals surface area (Å²) >= 11 is 7.66. The molecule has 1 aliphatic carbocycles. The molecule has 4 rings (SSSR count). The Hall–Kier alpha value is -1.40. The number of rotatable bonds is 4. The zero-order chi connectivity index (χ0) is 20.3. The minimum atomic E-state index is -0.280. The molecule has 7 heteroatoms. The van der Waals surface area contributed by atoms with Crippen LogP contribution in [0.5, 0.6) is 0 Å². The summed E-state index contributed by atoms with van der Waals surface area (Å²) in [6, 6.07) is 0.442. The average Bonchev–Trinajstić information content (AvgIpc) is 3.04. The maximum atomic E-state index is 12.5. The van der Waals surface area contributed by atoms with Gasteiger partial charge in [-0.15, -0.1) is 11.3 Å². The van der Waals surface area contributed by atoms with E-state index in [0.29, 0.717) is 22.9 Å². The lowest BCUT2D eigenvalue weighted by Gasteiger charge is -2.39. The maximum Gasteiger partial charge on any atom is 0.348 e. The summed E-state index contributed by atoms with van der Waals surface area (Å²) in [5, 5.41) is 1.19. The molecule has 3 heterocycles. The van der Waals surface area contributed by atoms with Gasteiger partial charge in [0, 0.05) is 12.6 Å². The van der Waals surface area contributed by atoms with E-state index in [1.54, 1.807) is 0 Å². The normalized spacial score (nSPS) is 26.1. The summed E-state index contributed by atoms with van der Waals surface area (Å²) in [6.07, 6.45) is 4.33. The van der Waals surface area contributed by atoms with E-state index in [0.717, 1.165) is 41.0 Å². The van der Waals surface area contributed by atoms with Gasteiger partial charge in [-0.2, -0.15) is 4.98 Å². The number of hydrogen-bond acceptors (Lipinski definition) is 6. The van der Waals surface area contributed by atoms with Gasteiger partial charge in [0.25, 0.3) is 0 Å². The SMILES string of the molecule is CCCOC(=O)c1sc2nc(Cl)nc(N3CC4(C)CC3CC(C)(C)C4)c2c1C. The summed E-state index contributed by atoms with van der Waals surface area (Å²) < 4.78 is 5.37. The number of aromatic nitrogens is 2. The van der Waals surface area contributed by atoms with E-state index in [-0.39, 0.29) is 16.7 Å². The summed E-state index contributed by atoms with van der Waals surface area (Å²) in [7, 11) is 0. The zero-order valence-corrected chi connectivity index (χ0v) is 18.8. The Labute approximate surface area is 175 Å². The highest BCUT2D eigenvalue weighted by Crippen LogP contribution is 2.54. The Morgan fingerprint density at radius 2 is 2.07 bits per heavy atom. The number of anilines is 1. The van der Waals surface area contributed by atoms with E-state index in [1.807, 2.05) is 13.8 Å². The number of nitrogens with zero attached hydrogens (tertiary/aromatic N) is 3. The van der Waals surface area contributed by atoms with Crippen LogP contribution >= 0.6 is 22.9 Å². The molecule has 2 fully saturated rings. The molecule has 2 atom stereocenters. The number of carbonyl (C=O) groups excluding carboxylic acids is 1. The lowest BCUT2D eigenvalue weighted by atomic mass is 9.65. The van der Waals surface area contributed by atoms with Crippen LogP contribution in [-0.4, -0.2) is 35.1 Å². The first-order valence-corrected chi connectivity index (χ1v) is 11.2. The number of aryl methyl sites for hydroxylation is 1. The summed E-state index contributed by atoms with van der Waals surface area (Å²) in [5.41, 5.74) is 1.50. The van der Waals surface area contributed by atoms with Gasteiger partial charge < -0.3 is 9.64 Å². The molecule has 152 valence electrons. The Bertz CT molecular complexity index is 941. The van der Waals surface area contributed by atoms with Gasteiger partial charge >= 0.3 is 5.97 Å². The monoisotopic (exact) mass is 421 g/mol. The van der Waals surface area contributed by atoms with Crippen molar-refractivity contribution in [1.29, 1.82) is 0 Å². The van der Waals surface area contributed by atoms with Gasteiger partial charge in [-0.25, -0.2) is 9.78 Å². The molecule has 2 unspecified atom stereocenters. The van der Waals surface area contributed by atoms with Gasteiger partial charge in [-0.1, -0.05) is 27.7 Å². The van der Waals surface area contributed by atoms with Crippen molar-refractivity contribution in [3.63, 3.8) is 0 Å². The largest absolute Gasteiger partial charge is 0.462 e. The maximum absolute atomic E-state index is 12.5. The van der Waals surface area contributed by atoms with Crippen molar-refractivity contribution in [3.05, 3.63) is 15.7 Å². The van der Waals surface area contributed by atoms with Gasteiger partial charge in [0.2, 0.25) is 5.28 Å². The van der Waals surface area contributed by atoms with Gasteiger partial charge in [0.05, 0.1) is 12.0 Å². The molecule has 2 aromatic heterocycles. The lowest BCUT2D eigenvalue weighted by molar-refractivity contribution is 0.0510. The average molecular weight is 422 g/mol.